The molecule has 0 spiro atoms. The Morgan fingerprint density at radius 2 is 2.27 bits per heavy atom. The SMILES string of the molecule is CCc1nc(NCC2(OC)CCS(=O)(=O)C2)c2ccsc2n1. The van der Waals surface area contributed by atoms with Crippen molar-refractivity contribution in [2.24, 2.45) is 0 Å². The predicted molar refractivity (Wildman–Crippen MR) is 88.3 cm³/mol. The minimum atomic E-state index is -3.01. The Bertz CT molecular complexity index is 788. The molecule has 8 heteroatoms. The molecule has 0 amide bonds. The molecule has 1 aliphatic heterocycles. The van der Waals surface area contributed by atoms with E-state index in [2.05, 4.69) is 15.3 Å². The topological polar surface area (TPSA) is 81.2 Å². The number of nitrogens with one attached hydrogen (secondary N) is 1. The molecule has 1 N–H and O–H groups in total. The molecule has 120 valence electrons. The number of ether oxygens (including phenoxy) is 1. The second-order valence-corrected chi connectivity index (χ2v) is 8.64. The van der Waals surface area contributed by atoms with Crippen molar-refractivity contribution in [2.45, 2.75) is 25.4 Å². The van der Waals surface area contributed by atoms with Crippen molar-refractivity contribution < 1.29 is 13.2 Å². The molecule has 3 rings (SSSR count). The van der Waals surface area contributed by atoms with Crippen LogP contribution >= 0.6 is 11.3 Å². The summed E-state index contributed by atoms with van der Waals surface area (Å²) in [5, 5.41) is 6.24. The van der Waals surface area contributed by atoms with Crippen LogP contribution in [0, 0.1) is 0 Å². The normalized spacial score (nSPS) is 23.9. The van der Waals surface area contributed by atoms with Crippen LogP contribution in [0.1, 0.15) is 19.2 Å². The van der Waals surface area contributed by atoms with Crippen molar-refractivity contribution >= 4 is 37.2 Å². The number of nitrogens with zero attached hydrogens (tertiary/aromatic N) is 2. The van der Waals surface area contributed by atoms with Gasteiger partial charge in [0, 0.05) is 20.1 Å². The van der Waals surface area contributed by atoms with E-state index in [0.29, 0.717) is 13.0 Å². The Morgan fingerprint density at radius 3 is 2.91 bits per heavy atom. The lowest BCUT2D eigenvalue weighted by Crippen LogP contribution is -2.40. The van der Waals surface area contributed by atoms with E-state index in [1.807, 2.05) is 18.4 Å². The molecular weight excluding hydrogens is 322 g/mol. The third-order valence-electron chi connectivity index (χ3n) is 4.05. The number of thiophene rings is 1. The quantitative estimate of drug-likeness (QED) is 0.894. The van der Waals surface area contributed by atoms with Crippen LogP contribution in [-0.2, 0) is 21.0 Å². The zero-order chi connectivity index (χ0) is 15.8. The molecular formula is C14H19N3O3S2. The number of aromatic nitrogens is 2. The summed E-state index contributed by atoms with van der Waals surface area (Å²) < 4.78 is 29.0. The number of hydrogen-bond acceptors (Lipinski definition) is 7. The molecule has 1 aliphatic rings. The van der Waals surface area contributed by atoms with Crippen LogP contribution in [0.15, 0.2) is 11.4 Å². The first-order valence-electron chi connectivity index (χ1n) is 7.20. The standard InChI is InChI=1S/C14H19N3O3S2/c1-3-11-16-12(10-4-6-21-13(10)17-11)15-8-14(20-2)5-7-22(18,19)9-14/h4,6H,3,5,7-9H2,1-2H3,(H,15,16,17). The highest BCUT2D eigenvalue weighted by molar-refractivity contribution is 7.91. The second kappa shape index (κ2) is 5.75. The number of fused-ring (bicyclic) bond motifs is 1. The van der Waals surface area contributed by atoms with Crippen molar-refractivity contribution in [3.05, 3.63) is 17.3 Å². The molecule has 2 aromatic rings. The van der Waals surface area contributed by atoms with Crippen LogP contribution in [0.3, 0.4) is 0 Å². The average molecular weight is 341 g/mol. The van der Waals surface area contributed by atoms with Gasteiger partial charge in [-0.15, -0.1) is 11.3 Å². The Hall–Kier alpha value is -1.25. The van der Waals surface area contributed by atoms with Gasteiger partial charge in [-0.05, 0) is 17.9 Å². The van der Waals surface area contributed by atoms with Gasteiger partial charge in [0.25, 0.3) is 0 Å². The fourth-order valence-electron chi connectivity index (χ4n) is 2.70. The minimum Gasteiger partial charge on any atom is -0.375 e. The number of rotatable bonds is 5. The van der Waals surface area contributed by atoms with E-state index in [9.17, 15) is 8.42 Å². The second-order valence-electron chi connectivity index (χ2n) is 5.56. The Kier molecular flexibility index (Phi) is 4.09. The summed E-state index contributed by atoms with van der Waals surface area (Å²) in [5.74, 6) is 1.77. The van der Waals surface area contributed by atoms with Crippen LogP contribution in [-0.4, -0.2) is 49.1 Å². The molecule has 3 heterocycles. The molecule has 1 saturated heterocycles. The van der Waals surface area contributed by atoms with Gasteiger partial charge >= 0.3 is 0 Å². The van der Waals surface area contributed by atoms with Crippen LogP contribution < -0.4 is 5.32 Å². The monoisotopic (exact) mass is 341 g/mol. The summed E-state index contributed by atoms with van der Waals surface area (Å²) in [6.45, 7) is 2.44. The number of hydrogen-bond donors (Lipinski definition) is 1. The van der Waals surface area contributed by atoms with E-state index in [4.69, 9.17) is 4.74 Å². The third kappa shape index (κ3) is 2.95. The van der Waals surface area contributed by atoms with Gasteiger partial charge < -0.3 is 10.1 Å². The first-order chi connectivity index (χ1) is 10.5. The molecule has 6 nitrogen and oxygen atoms in total. The van der Waals surface area contributed by atoms with Crippen molar-refractivity contribution in [3.63, 3.8) is 0 Å². The van der Waals surface area contributed by atoms with Crippen LogP contribution in [0.2, 0.25) is 0 Å². The van der Waals surface area contributed by atoms with Crippen molar-refractivity contribution in [1.82, 2.24) is 9.97 Å². The highest BCUT2D eigenvalue weighted by Gasteiger charge is 2.42. The maximum Gasteiger partial charge on any atom is 0.153 e. The number of anilines is 1. The first-order valence-corrected chi connectivity index (χ1v) is 9.91. The minimum absolute atomic E-state index is 0.0575. The molecule has 1 atom stereocenters. The van der Waals surface area contributed by atoms with Crippen LogP contribution in [0.25, 0.3) is 10.2 Å². The zero-order valence-corrected chi connectivity index (χ0v) is 14.3. The van der Waals surface area contributed by atoms with Gasteiger partial charge in [-0.2, -0.15) is 0 Å². The van der Waals surface area contributed by atoms with Gasteiger partial charge in [-0.1, -0.05) is 6.92 Å². The summed E-state index contributed by atoms with van der Waals surface area (Å²) in [6, 6.07) is 1.98. The largest absolute Gasteiger partial charge is 0.375 e. The van der Waals surface area contributed by atoms with Crippen LogP contribution in [0.5, 0.6) is 0 Å². The lowest BCUT2D eigenvalue weighted by Gasteiger charge is -2.26. The van der Waals surface area contributed by atoms with Gasteiger partial charge in [0.1, 0.15) is 16.5 Å². The highest BCUT2D eigenvalue weighted by atomic mass is 32.2. The summed E-state index contributed by atoms with van der Waals surface area (Å²) >= 11 is 1.58. The molecule has 0 bridgehead atoms. The summed E-state index contributed by atoms with van der Waals surface area (Å²) in [6.07, 6.45) is 1.27. The van der Waals surface area contributed by atoms with Gasteiger partial charge in [0.2, 0.25) is 0 Å². The fourth-order valence-corrected chi connectivity index (χ4v) is 5.47. The highest BCUT2D eigenvalue weighted by Crippen LogP contribution is 2.29. The van der Waals surface area contributed by atoms with E-state index in [1.165, 1.54) is 0 Å². The molecule has 0 saturated carbocycles. The maximum absolute atomic E-state index is 11.8. The van der Waals surface area contributed by atoms with Crippen molar-refractivity contribution in [3.8, 4) is 0 Å². The molecule has 0 aliphatic carbocycles. The van der Waals surface area contributed by atoms with E-state index in [1.54, 1.807) is 18.4 Å². The molecule has 0 radical (unpaired) electrons. The number of sulfone groups is 1. The third-order valence-corrected chi connectivity index (χ3v) is 6.65. The first kappa shape index (κ1) is 15.6. The molecule has 0 aromatic carbocycles. The summed E-state index contributed by atoms with van der Waals surface area (Å²) in [5.41, 5.74) is -0.668. The van der Waals surface area contributed by atoms with E-state index in [-0.39, 0.29) is 11.5 Å². The molecule has 2 aromatic heterocycles. The number of aryl methyl sites for hydroxylation is 1. The van der Waals surface area contributed by atoms with E-state index >= 15 is 0 Å². The average Bonchev–Trinajstić information content (AvgIpc) is 3.09. The van der Waals surface area contributed by atoms with Crippen LogP contribution in [0.4, 0.5) is 5.82 Å². The molecule has 1 fully saturated rings. The Labute approximate surface area is 133 Å². The van der Waals surface area contributed by atoms with Gasteiger partial charge in [0.05, 0.1) is 22.5 Å². The van der Waals surface area contributed by atoms with Gasteiger partial charge in [-0.25, -0.2) is 18.4 Å². The summed E-state index contributed by atoms with van der Waals surface area (Å²) in [4.78, 5) is 9.97. The lowest BCUT2D eigenvalue weighted by atomic mass is 10.0. The van der Waals surface area contributed by atoms with Gasteiger partial charge in [0.15, 0.2) is 9.84 Å². The van der Waals surface area contributed by atoms with Crippen molar-refractivity contribution in [2.75, 3.05) is 30.5 Å². The molecule has 22 heavy (non-hydrogen) atoms. The fraction of sp³-hybridized carbons (Fsp3) is 0.571. The molecule has 1 unspecified atom stereocenters. The number of methoxy groups -OCH3 is 1. The van der Waals surface area contributed by atoms with E-state index < -0.39 is 15.4 Å². The maximum atomic E-state index is 11.8. The Balaban J connectivity index is 1.86. The zero-order valence-electron chi connectivity index (χ0n) is 12.6. The van der Waals surface area contributed by atoms with E-state index in [0.717, 1.165) is 28.3 Å². The summed E-state index contributed by atoms with van der Waals surface area (Å²) in [7, 11) is -1.44. The Morgan fingerprint density at radius 1 is 1.45 bits per heavy atom. The predicted octanol–water partition coefficient (Wildman–Crippen LogP) is 1.87. The van der Waals surface area contributed by atoms with Crippen molar-refractivity contribution in [1.29, 1.82) is 0 Å². The smallest absolute Gasteiger partial charge is 0.153 e. The lowest BCUT2D eigenvalue weighted by molar-refractivity contribution is 0.0241. The van der Waals surface area contributed by atoms with Gasteiger partial charge in [-0.3, -0.25) is 0 Å².